The number of hydrogen-bond acceptors (Lipinski definition) is 4. The van der Waals surface area contributed by atoms with Crippen molar-refractivity contribution >= 4 is 23.8 Å². The van der Waals surface area contributed by atoms with Crippen LogP contribution in [0.1, 0.15) is 11.7 Å². The van der Waals surface area contributed by atoms with Crippen LogP contribution in [0.5, 0.6) is 0 Å². The molecule has 5 nitrogen and oxygen atoms in total. The van der Waals surface area contributed by atoms with Crippen LogP contribution < -0.4 is 0 Å². The number of benzene rings is 2. The van der Waals surface area contributed by atoms with E-state index in [1.807, 2.05) is 35.9 Å². The summed E-state index contributed by atoms with van der Waals surface area (Å²) in [5, 5.41) is 5.34. The minimum absolute atomic E-state index is 0.102. The summed E-state index contributed by atoms with van der Waals surface area (Å²) < 4.78 is 23.4. The quantitative estimate of drug-likeness (QED) is 0.587. The number of hydrogen-bond donors (Lipinski definition) is 0. The van der Waals surface area contributed by atoms with Crippen molar-refractivity contribution in [3.8, 4) is 11.4 Å². The van der Waals surface area contributed by atoms with Gasteiger partial charge < -0.3 is 9.30 Å². The van der Waals surface area contributed by atoms with Gasteiger partial charge in [-0.15, -0.1) is 0 Å². The Morgan fingerprint density at radius 1 is 1.21 bits per heavy atom. The summed E-state index contributed by atoms with van der Waals surface area (Å²) in [4.78, 5) is 2.23. The fourth-order valence-corrected chi connectivity index (χ4v) is 3.76. The number of nitrogens with zero attached hydrogens (tertiary/aromatic N) is 4. The van der Waals surface area contributed by atoms with Crippen molar-refractivity contribution < 1.29 is 9.13 Å². The zero-order chi connectivity index (χ0) is 19.7. The van der Waals surface area contributed by atoms with E-state index in [2.05, 4.69) is 4.90 Å². The monoisotopic (exact) mass is 418 g/mol. The minimum atomic E-state index is -0.247. The first kappa shape index (κ1) is 19.3. The Morgan fingerprint density at radius 2 is 1.96 bits per heavy atom. The molecule has 2 aromatic carbocycles. The molecule has 0 bridgehead atoms. The Morgan fingerprint density at radius 3 is 2.71 bits per heavy atom. The first-order valence-electron chi connectivity index (χ1n) is 9.01. The van der Waals surface area contributed by atoms with Gasteiger partial charge in [0.15, 0.2) is 10.6 Å². The van der Waals surface area contributed by atoms with Crippen molar-refractivity contribution in [1.29, 1.82) is 0 Å². The van der Waals surface area contributed by atoms with Crippen molar-refractivity contribution in [3.05, 3.63) is 69.7 Å². The molecule has 4 rings (SSSR count). The third-order valence-electron chi connectivity index (χ3n) is 4.88. The second kappa shape index (κ2) is 8.13. The van der Waals surface area contributed by atoms with E-state index in [0.29, 0.717) is 29.6 Å². The first-order chi connectivity index (χ1) is 13.5. The van der Waals surface area contributed by atoms with Gasteiger partial charge in [0.1, 0.15) is 5.82 Å². The van der Waals surface area contributed by atoms with Gasteiger partial charge in [0.05, 0.1) is 24.4 Å². The van der Waals surface area contributed by atoms with Crippen LogP contribution in [-0.2, 0) is 18.5 Å². The van der Waals surface area contributed by atoms with Crippen LogP contribution in [0.4, 0.5) is 4.39 Å². The standard InChI is InChI=1S/C20H20ClFN4OS/c1-24-19(16-4-2-3-5-17(16)21)23-26(20(24)28)13-25-10-11-27-18(12-25)14-6-8-15(22)9-7-14/h2-9,18H,10-13H2,1H3. The number of rotatable bonds is 4. The third kappa shape index (κ3) is 3.89. The van der Waals surface area contributed by atoms with E-state index in [-0.39, 0.29) is 11.9 Å². The van der Waals surface area contributed by atoms with E-state index in [1.54, 1.807) is 16.8 Å². The highest BCUT2D eigenvalue weighted by Crippen LogP contribution is 2.27. The van der Waals surface area contributed by atoms with Gasteiger partial charge in [-0.05, 0) is 42.0 Å². The molecular weight excluding hydrogens is 399 g/mol. The molecule has 28 heavy (non-hydrogen) atoms. The molecule has 1 aliphatic rings. The molecule has 2 heterocycles. The zero-order valence-corrected chi connectivity index (χ0v) is 17.0. The van der Waals surface area contributed by atoms with Crippen molar-refractivity contribution in [3.63, 3.8) is 0 Å². The van der Waals surface area contributed by atoms with Gasteiger partial charge in [0.25, 0.3) is 0 Å². The smallest absolute Gasteiger partial charge is 0.199 e. The summed E-state index contributed by atoms with van der Waals surface area (Å²) in [6.45, 7) is 2.61. The van der Waals surface area contributed by atoms with E-state index in [1.165, 1.54) is 12.1 Å². The Labute approximate surface area is 172 Å². The molecule has 0 radical (unpaired) electrons. The molecular formula is C20H20ClFN4OS. The van der Waals surface area contributed by atoms with Crippen LogP contribution in [-0.4, -0.2) is 38.9 Å². The van der Waals surface area contributed by atoms with E-state index in [0.717, 1.165) is 23.5 Å². The zero-order valence-electron chi connectivity index (χ0n) is 15.4. The van der Waals surface area contributed by atoms with Crippen molar-refractivity contribution in [2.75, 3.05) is 19.7 Å². The van der Waals surface area contributed by atoms with Crippen LogP contribution in [0, 0.1) is 10.6 Å². The van der Waals surface area contributed by atoms with Crippen LogP contribution in [0.25, 0.3) is 11.4 Å². The predicted molar refractivity (Wildman–Crippen MR) is 109 cm³/mol. The lowest BCUT2D eigenvalue weighted by Crippen LogP contribution is -2.39. The molecule has 1 aliphatic heterocycles. The molecule has 0 aliphatic carbocycles. The number of halogens is 2. The lowest BCUT2D eigenvalue weighted by molar-refractivity contribution is -0.0419. The number of ether oxygens (including phenoxy) is 1. The maximum absolute atomic E-state index is 13.2. The molecule has 0 N–H and O–H groups in total. The highest BCUT2D eigenvalue weighted by atomic mass is 35.5. The Hall–Kier alpha value is -2.06. The molecule has 1 fully saturated rings. The van der Waals surface area contributed by atoms with Gasteiger partial charge in [0, 0.05) is 25.7 Å². The molecule has 1 atom stereocenters. The topological polar surface area (TPSA) is 35.2 Å². The largest absolute Gasteiger partial charge is 0.371 e. The molecule has 8 heteroatoms. The fourth-order valence-electron chi connectivity index (χ4n) is 3.36. The number of morpholine rings is 1. The van der Waals surface area contributed by atoms with Crippen molar-refractivity contribution in [2.45, 2.75) is 12.8 Å². The molecule has 1 unspecified atom stereocenters. The average molecular weight is 419 g/mol. The second-order valence-corrected chi connectivity index (χ2v) is 7.55. The maximum atomic E-state index is 13.2. The van der Waals surface area contributed by atoms with E-state index >= 15 is 0 Å². The lowest BCUT2D eigenvalue weighted by atomic mass is 10.1. The summed E-state index contributed by atoms with van der Waals surface area (Å²) in [6, 6.07) is 14.1. The Kier molecular flexibility index (Phi) is 5.59. The Balaban J connectivity index is 1.54. The third-order valence-corrected chi connectivity index (χ3v) is 5.70. The van der Waals surface area contributed by atoms with E-state index in [9.17, 15) is 4.39 Å². The second-order valence-electron chi connectivity index (χ2n) is 6.77. The average Bonchev–Trinajstić information content (AvgIpc) is 2.97. The van der Waals surface area contributed by atoms with Gasteiger partial charge in [-0.25, -0.2) is 9.07 Å². The summed E-state index contributed by atoms with van der Waals surface area (Å²) >= 11 is 11.9. The highest BCUT2D eigenvalue weighted by molar-refractivity contribution is 7.71. The van der Waals surface area contributed by atoms with Crippen LogP contribution in [0.2, 0.25) is 5.02 Å². The molecule has 0 amide bonds. The normalized spacial score (nSPS) is 17.8. The predicted octanol–water partition coefficient (Wildman–Crippen LogP) is 4.44. The summed E-state index contributed by atoms with van der Waals surface area (Å²) in [5.41, 5.74) is 1.81. The van der Waals surface area contributed by atoms with Gasteiger partial charge in [0.2, 0.25) is 0 Å². The van der Waals surface area contributed by atoms with Crippen molar-refractivity contribution in [2.24, 2.45) is 7.05 Å². The molecule has 3 aromatic rings. The van der Waals surface area contributed by atoms with Gasteiger partial charge >= 0.3 is 0 Å². The lowest BCUT2D eigenvalue weighted by Gasteiger charge is -2.32. The van der Waals surface area contributed by atoms with E-state index in [4.69, 9.17) is 33.7 Å². The van der Waals surface area contributed by atoms with E-state index < -0.39 is 0 Å². The van der Waals surface area contributed by atoms with Crippen LogP contribution in [0.3, 0.4) is 0 Å². The molecule has 146 valence electrons. The molecule has 0 spiro atoms. The SMILES string of the molecule is Cn1c(-c2ccccc2Cl)nn(CN2CCOC(c3ccc(F)cc3)C2)c1=S. The maximum Gasteiger partial charge on any atom is 0.199 e. The van der Waals surface area contributed by atoms with Crippen LogP contribution >= 0.6 is 23.8 Å². The van der Waals surface area contributed by atoms with Crippen LogP contribution in [0.15, 0.2) is 48.5 Å². The van der Waals surface area contributed by atoms with Crippen molar-refractivity contribution in [1.82, 2.24) is 19.2 Å². The minimum Gasteiger partial charge on any atom is -0.371 e. The first-order valence-corrected chi connectivity index (χ1v) is 9.79. The highest BCUT2D eigenvalue weighted by Gasteiger charge is 2.23. The Bertz CT molecular complexity index is 1030. The molecule has 1 saturated heterocycles. The fraction of sp³-hybridized carbons (Fsp3) is 0.300. The molecule has 1 aromatic heterocycles. The summed E-state index contributed by atoms with van der Waals surface area (Å²) in [7, 11) is 1.89. The van der Waals surface area contributed by atoms with Gasteiger partial charge in [-0.1, -0.05) is 35.9 Å². The van der Waals surface area contributed by atoms with Gasteiger partial charge in [-0.2, -0.15) is 5.10 Å². The summed E-state index contributed by atoms with van der Waals surface area (Å²) in [5.74, 6) is 0.488. The molecule has 0 saturated carbocycles. The summed E-state index contributed by atoms with van der Waals surface area (Å²) in [6.07, 6.45) is -0.102. The number of aromatic nitrogens is 3. The van der Waals surface area contributed by atoms with Gasteiger partial charge in [-0.3, -0.25) is 4.90 Å².